The third-order valence-electron chi connectivity index (χ3n) is 4.73. The van der Waals surface area contributed by atoms with Crippen molar-refractivity contribution in [3.63, 3.8) is 0 Å². The molecule has 2 fully saturated rings. The maximum atomic E-state index is 11.7. The van der Waals surface area contributed by atoms with Crippen LogP contribution < -0.4 is 5.32 Å². The molecule has 1 saturated heterocycles. The van der Waals surface area contributed by atoms with E-state index in [4.69, 9.17) is 0 Å². The molecule has 1 N–H and O–H groups in total. The van der Waals surface area contributed by atoms with Gasteiger partial charge in [0.25, 0.3) is 0 Å². The Bertz CT molecular complexity index is 319. The van der Waals surface area contributed by atoms with Gasteiger partial charge < -0.3 is 5.32 Å². The summed E-state index contributed by atoms with van der Waals surface area (Å²) >= 11 is 0. The summed E-state index contributed by atoms with van der Waals surface area (Å²) in [6, 6.07) is 0. The fraction of sp³-hybridized carbons (Fsp3) is 0.929. The van der Waals surface area contributed by atoms with Gasteiger partial charge in [0.15, 0.2) is 0 Å². The van der Waals surface area contributed by atoms with E-state index in [9.17, 15) is 4.79 Å². The minimum Gasteiger partial charge on any atom is -0.351 e. The highest BCUT2D eigenvalue weighted by atomic mass is 16.2. The predicted octanol–water partition coefficient (Wildman–Crippen LogP) is 3.12. The zero-order valence-electron chi connectivity index (χ0n) is 11.3. The van der Waals surface area contributed by atoms with Gasteiger partial charge in [0, 0.05) is 17.4 Å². The fourth-order valence-electron chi connectivity index (χ4n) is 4.41. The number of hydrogen-bond acceptors (Lipinski definition) is 1. The molecule has 1 aliphatic carbocycles. The van der Waals surface area contributed by atoms with Crippen molar-refractivity contribution in [3.05, 3.63) is 0 Å². The van der Waals surface area contributed by atoms with Gasteiger partial charge in [-0.25, -0.2) is 0 Å². The van der Waals surface area contributed by atoms with E-state index in [0.717, 1.165) is 12.3 Å². The van der Waals surface area contributed by atoms with Crippen LogP contribution in [0.3, 0.4) is 0 Å². The Kier molecular flexibility index (Phi) is 2.42. The first-order valence-corrected chi connectivity index (χ1v) is 6.47. The molecule has 2 nitrogen and oxygen atoms in total. The molecule has 16 heavy (non-hydrogen) atoms. The normalized spacial score (nSPS) is 41.1. The van der Waals surface area contributed by atoms with Crippen LogP contribution in [0.25, 0.3) is 0 Å². The van der Waals surface area contributed by atoms with Crippen LogP contribution in [-0.4, -0.2) is 11.4 Å². The lowest BCUT2D eigenvalue weighted by atomic mass is 9.54. The molecule has 2 rings (SSSR count). The van der Waals surface area contributed by atoms with Gasteiger partial charge in [-0.15, -0.1) is 0 Å². The van der Waals surface area contributed by atoms with Gasteiger partial charge in [-0.2, -0.15) is 0 Å². The highest BCUT2D eigenvalue weighted by Gasteiger charge is 2.56. The molecular weight excluding hydrogens is 198 g/mol. The van der Waals surface area contributed by atoms with E-state index in [1.165, 1.54) is 19.3 Å². The van der Waals surface area contributed by atoms with Gasteiger partial charge in [0.2, 0.25) is 5.91 Å². The van der Waals surface area contributed by atoms with E-state index in [1.807, 2.05) is 0 Å². The number of rotatable bonds is 0. The number of amides is 1. The van der Waals surface area contributed by atoms with Crippen molar-refractivity contribution in [1.82, 2.24) is 5.32 Å². The quantitative estimate of drug-likeness (QED) is 0.671. The molecule has 1 aliphatic heterocycles. The second-order valence-electron chi connectivity index (χ2n) is 7.48. The van der Waals surface area contributed by atoms with Gasteiger partial charge in [-0.1, -0.05) is 20.8 Å². The molecule has 0 radical (unpaired) electrons. The van der Waals surface area contributed by atoms with Crippen molar-refractivity contribution in [1.29, 1.82) is 0 Å². The summed E-state index contributed by atoms with van der Waals surface area (Å²) in [7, 11) is 0. The summed E-state index contributed by atoms with van der Waals surface area (Å²) in [4.78, 5) is 11.7. The molecule has 0 aromatic heterocycles. The highest BCUT2D eigenvalue weighted by Crippen LogP contribution is 2.57. The average Bonchev–Trinajstić information content (AvgIpc) is 2.14. The Morgan fingerprint density at radius 3 is 2.25 bits per heavy atom. The van der Waals surface area contributed by atoms with Crippen LogP contribution in [0.4, 0.5) is 0 Å². The van der Waals surface area contributed by atoms with Crippen molar-refractivity contribution >= 4 is 5.91 Å². The molecule has 2 atom stereocenters. The molecule has 1 heterocycles. The van der Waals surface area contributed by atoms with Crippen LogP contribution in [0.5, 0.6) is 0 Å². The minimum absolute atomic E-state index is 0.0317. The van der Waals surface area contributed by atoms with Crippen molar-refractivity contribution in [2.45, 2.75) is 65.8 Å². The molecule has 2 aliphatic rings. The Hall–Kier alpha value is -0.530. The number of carbonyl (C=O) groups excluding carboxylic acids is 1. The van der Waals surface area contributed by atoms with Crippen molar-refractivity contribution in [2.24, 2.45) is 16.7 Å². The van der Waals surface area contributed by atoms with Gasteiger partial charge >= 0.3 is 0 Å². The minimum atomic E-state index is -0.0317. The maximum Gasteiger partial charge on any atom is 0.221 e. The SMILES string of the molecule is CC1CC(C)(C)CC2(CC(=O)NC2(C)C)C1. The van der Waals surface area contributed by atoms with Crippen LogP contribution in [0, 0.1) is 16.7 Å². The summed E-state index contributed by atoms with van der Waals surface area (Å²) in [5.74, 6) is 0.977. The molecule has 2 unspecified atom stereocenters. The molecule has 1 amide bonds. The van der Waals surface area contributed by atoms with E-state index >= 15 is 0 Å². The van der Waals surface area contributed by atoms with Crippen LogP contribution >= 0.6 is 0 Å². The summed E-state index contributed by atoms with van der Waals surface area (Å²) in [6.07, 6.45) is 4.39. The zero-order valence-corrected chi connectivity index (χ0v) is 11.3. The highest BCUT2D eigenvalue weighted by molar-refractivity contribution is 5.81. The zero-order chi connectivity index (χ0) is 12.2. The van der Waals surface area contributed by atoms with Crippen molar-refractivity contribution in [2.75, 3.05) is 0 Å². The van der Waals surface area contributed by atoms with Gasteiger partial charge in [-0.3, -0.25) is 4.79 Å². The van der Waals surface area contributed by atoms with Crippen LogP contribution in [0.1, 0.15) is 60.3 Å². The number of nitrogens with one attached hydrogen (secondary N) is 1. The number of hydrogen-bond donors (Lipinski definition) is 1. The lowest BCUT2D eigenvalue weighted by Gasteiger charge is -2.51. The van der Waals surface area contributed by atoms with Gasteiger partial charge in [0.1, 0.15) is 0 Å². The van der Waals surface area contributed by atoms with Crippen LogP contribution in [-0.2, 0) is 4.79 Å². The second kappa shape index (κ2) is 3.24. The Balaban J connectivity index is 2.34. The first-order chi connectivity index (χ1) is 7.16. The molecule has 92 valence electrons. The van der Waals surface area contributed by atoms with E-state index in [2.05, 4.69) is 39.9 Å². The molecular formula is C14H25NO. The molecule has 1 saturated carbocycles. The summed E-state index contributed by atoms with van der Waals surface area (Å²) in [5, 5.41) is 3.17. The summed E-state index contributed by atoms with van der Waals surface area (Å²) in [6.45, 7) is 11.4. The Labute approximate surface area is 99.2 Å². The molecule has 0 aromatic carbocycles. The van der Waals surface area contributed by atoms with E-state index in [0.29, 0.717) is 5.41 Å². The Morgan fingerprint density at radius 1 is 1.19 bits per heavy atom. The fourth-order valence-corrected chi connectivity index (χ4v) is 4.41. The largest absolute Gasteiger partial charge is 0.351 e. The second-order valence-corrected chi connectivity index (χ2v) is 7.48. The smallest absolute Gasteiger partial charge is 0.221 e. The monoisotopic (exact) mass is 223 g/mol. The van der Waals surface area contributed by atoms with Gasteiger partial charge in [-0.05, 0) is 44.4 Å². The Morgan fingerprint density at radius 2 is 1.81 bits per heavy atom. The summed E-state index contributed by atoms with van der Waals surface area (Å²) < 4.78 is 0. The maximum absolute atomic E-state index is 11.7. The average molecular weight is 223 g/mol. The summed E-state index contributed by atoms with van der Waals surface area (Å²) in [5.41, 5.74) is 0.530. The van der Waals surface area contributed by atoms with Crippen LogP contribution in [0.15, 0.2) is 0 Å². The topological polar surface area (TPSA) is 29.1 Å². The first-order valence-electron chi connectivity index (χ1n) is 6.47. The van der Waals surface area contributed by atoms with Crippen molar-refractivity contribution < 1.29 is 4.79 Å². The lowest BCUT2D eigenvalue weighted by molar-refractivity contribution is -0.120. The van der Waals surface area contributed by atoms with Crippen LogP contribution in [0.2, 0.25) is 0 Å². The third kappa shape index (κ3) is 1.76. The van der Waals surface area contributed by atoms with E-state index in [1.54, 1.807) is 0 Å². The predicted molar refractivity (Wildman–Crippen MR) is 66.1 cm³/mol. The molecule has 0 bridgehead atoms. The number of carbonyl (C=O) groups is 1. The third-order valence-corrected chi connectivity index (χ3v) is 4.73. The lowest BCUT2D eigenvalue weighted by Crippen LogP contribution is -2.51. The first kappa shape index (κ1) is 11.9. The van der Waals surface area contributed by atoms with E-state index < -0.39 is 0 Å². The molecule has 2 heteroatoms. The van der Waals surface area contributed by atoms with Gasteiger partial charge in [0.05, 0.1) is 0 Å². The molecule has 0 aromatic rings. The van der Waals surface area contributed by atoms with Crippen molar-refractivity contribution in [3.8, 4) is 0 Å². The van der Waals surface area contributed by atoms with E-state index in [-0.39, 0.29) is 16.9 Å². The standard InChI is InChI=1S/C14H25NO/c1-10-6-12(2,3)9-14(7-10)8-11(16)15-13(14,4)5/h10H,6-9H2,1-5H3,(H,15,16). The molecule has 1 spiro atoms.